The van der Waals surface area contributed by atoms with Crippen molar-refractivity contribution in [3.63, 3.8) is 0 Å². The van der Waals surface area contributed by atoms with Crippen LogP contribution < -0.4 is 0 Å². The molecule has 0 aromatic heterocycles. The van der Waals surface area contributed by atoms with Crippen molar-refractivity contribution in [2.24, 2.45) is 0 Å². The van der Waals surface area contributed by atoms with Gasteiger partial charge in [0.2, 0.25) is 0 Å². The van der Waals surface area contributed by atoms with Gasteiger partial charge < -0.3 is 19.8 Å². The largest absolute Gasteiger partial charge is 0.480 e. The molecule has 0 bridgehead atoms. The number of rotatable bonds is 5. The van der Waals surface area contributed by atoms with Gasteiger partial charge in [0.1, 0.15) is 0 Å². The lowest BCUT2D eigenvalue weighted by Crippen LogP contribution is -2.39. The minimum atomic E-state index is -4.85. The fraction of sp³-hybridized carbons (Fsp3) is 0.538. The third-order valence-electron chi connectivity index (χ3n) is 3.91. The Morgan fingerprint density at radius 1 is 1.45 bits per heavy atom. The molecule has 0 radical (unpaired) electrons. The van der Waals surface area contributed by atoms with Gasteiger partial charge in [-0.1, -0.05) is 17.8 Å². The minimum Gasteiger partial charge on any atom is -0.480 e. The molecule has 9 heteroatoms. The van der Waals surface area contributed by atoms with Gasteiger partial charge in [-0.25, -0.2) is 0 Å². The second-order valence-electron chi connectivity index (χ2n) is 5.31. The van der Waals surface area contributed by atoms with Crippen LogP contribution in [0.25, 0.3) is 0 Å². The highest BCUT2D eigenvalue weighted by Gasteiger charge is 2.54. The molecule has 1 unspecified atom stereocenters. The molecule has 0 aromatic rings. The van der Waals surface area contributed by atoms with Crippen LogP contribution in [0.1, 0.15) is 19.8 Å². The number of carbonyl (C=O) groups is 2. The summed E-state index contributed by atoms with van der Waals surface area (Å²) in [6.45, 7) is 2.67. The van der Waals surface area contributed by atoms with Gasteiger partial charge in [-0.2, -0.15) is 0 Å². The van der Waals surface area contributed by atoms with E-state index >= 15 is 0 Å². The zero-order valence-electron chi connectivity index (χ0n) is 12.1. The molecule has 1 atom stereocenters. The number of carboxylic acids is 1. The highest BCUT2D eigenvalue weighted by molar-refractivity contribution is 8.13. The number of carboxylic acid groups (broad SMARTS) is 1. The Hall–Kier alpha value is -1.08. The number of hydrogen-bond donors (Lipinski definition) is 3. The second-order valence-corrected chi connectivity index (χ2v) is 8.47. The smallest absolute Gasteiger partial charge is 0.347 e. The van der Waals surface area contributed by atoms with Gasteiger partial charge in [-0.15, -0.1) is 0 Å². The SMILES string of the molecule is CC(=O)SCCN1CCC2=CCC(C(=O)O)(P(=O)(O)O)C=C21. The quantitative estimate of drug-likeness (QED) is 0.635. The third-order valence-corrected chi connectivity index (χ3v) is 6.25. The van der Waals surface area contributed by atoms with E-state index in [1.165, 1.54) is 24.8 Å². The average molecular weight is 347 g/mol. The second kappa shape index (κ2) is 6.20. The Morgan fingerprint density at radius 2 is 2.14 bits per heavy atom. The summed E-state index contributed by atoms with van der Waals surface area (Å²) in [4.78, 5) is 43.3. The predicted octanol–water partition coefficient (Wildman–Crippen LogP) is 1.19. The van der Waals surface area contributed by atoms with Crippen molar-refractivity contribution < 1.29 is 29.0 Å². The van der Waals surface area contributed by atoms with Gasteiger partial charge in [0, 0.05) is 31.5 Å². The first-order valence-electron chi connectivity index (χ1n) is 6.77. The van der Waals surface area contributed by atoms with E-state index in [9.17, 15) is 29.0 Å². The van der Waals surface area contributed by atoms with Gasteiger partial charge in [0.05, 0.1) is 0 Å². The van der Waals surface area contributed by atoms with Crippen LogP contribution in [-0.4, -0.2) is 54.9 Å². The first-order valence-corrected chi connectivity index (χ1v) is 9.37. The molecule has 7 nitrogen and oxygen atoms in total. The van der Waals surface area contributed by atoms with Crippen LogP contribution in [0.15, 0.2) is 23.4 Å². The van der Waals surface area contributed by atoms with Crippen molar-refractivity contribution in [1.29, 1.82) is 0 Å². The summed E-state index contributed by atoms with van der Waals surface area (Å²) in [5.41, 5.74) is 1.49. The zero-order valence-corrected chi connectivity index (χ0v) is 13.8. The molecule has 1 fully saturated rings. The summed E-state index contributed by atoms with van der Waals surface area (Å²) in [7, 11) is -4.85. The molecule has 3 N–H and O–H groups in total. The van der Waals surface area contributed by atoms with Crippen LogP contribution in [-0.2, 0) is 14.2 Å². The van der Waals surface area contributed by atoms with Crippen molar-refractivity contribution >= 4 is 30.4 Å². The summed E-state index contributed by atoms with van der Waals surface area (Å²) < 4.78 is 11.7. The lowest BCUT2D eigenvalue weighted by atomic mass is 9.93. The van der Waals surface area contributed by atoms with E-state index in [2.05, 4.69) is 0 Å². The van der Waals surface area contributed by atoms with Gasteiger partial charge in [0.25, 0.3) is 0 Å². The fourth-order valence-electron chi connectivity index (χ4n) is 2.67. The van der Waals surface area contributed by atoms with E-state index in [1.807, 2.05) is 4.90 Å². The summed E-state index contributed by atoms with van der Waals surface area (Å²) in [6.07, 6.45) is 3.33. The van der Waals surface area contributed by atoms with Crippen molar-refractivity contribution in [1.82, 2.24) is 4.90 Å². The van der Waals surface area contributed by atoms with E-state index in [0.29, 0.717) is 31.0 Å². The molecule has 2 rings (SSSR count). The van der Waals surface area contributed by atoms with E-state index in [1.54, 1.807) is 6.08 Å². The average Bonchev–Trinajstić information content (AvgIpc) is 2.79. The number of likely N-dealkylation sites (tertiary alicyclic amines) is 1. The Kier molecular flexibility index (Phi) is 4.87. The topological polar surface area (TPSA) is 115 Å². The lowest BCUT2D eigenvalue weighted by molar-refractivity contribution is -0.139. The van der Waals surface area contributed by atoms with E-state index in [4.69, 9.17) is 0 Å². The van der Waals surface area contributed by atoms with Gasteiger partial charge in [-0.05, 0) is 24.5 Å². The number of carbonyl (C=O) groups excluding carboxylic acids is 1. The maximum atomic E-state index is 11.7. The number of thioether (sulfide) groups is 1. The molecular formula is C13H18NO6PS. The van der Waals surface area contributed by atoms with Crippen LogP contribution >= 0.6 is 19.4 Å². The molecule has 22 heavy (non-hydrogen) atoms. The van der Waals surface area contributed by atoms with Crippen molar-refractivity contribution in [3.05, 3.63) is 23.4 Å². The van der Waals surface area contributed by atoms with Crippen molar-refractivity contribution in [2.75, 3.05) is 18.8 Å². The molecule has 2 aliphatic rings. The molecular weight excluding hydrogens is 329 g/mol. The predicted molar refractivity (Wildman–Crippen MR) is 82.5 cm³/mol. The number of aliphatic carboxylic acids is 1. The summed E-state index contributed by atoms with van der Waals surface area (Å²) in [6, 6.07) is 0. The monoisotopic (exact) mass is 347 g/mol. The maximum absolute atomic E-state index is 11.7. The standard InChI is InChI=1S/C13H18NO6PS/c1-9(15)22-7-6-14-5-3-10-2-4-13(12(16)17,8-11(10)14)21(18,19)20/h2,8H,3-7H2,1H3,(H,16,17)(H2,18,19,20). The molecule has 1 aliphatic heterocycles. The molecule has 0 aromatic carbocycles. The fourth-order valence-corrected chi connectivity index (χ4v) is 4.14. The Bertz CT molecular complexity index is 610. The zero-order chi connectivity index (χ0) is 16.5. The van der Waals surface area contributed by atoms with Crippen molar-refractivity contribution in [3.8, 4) is 0 Å². The van der Waals surface area contributed by atoms with Crippen LogP contribution in [0, 0.1) is 0 Å². The highest BCUT2D eigenvalue weighted by atomic mass is 32.2. The number of fused-ring (bicyclic) bond motifs is 1. The number of hydrogen-bond acceptors (Lipinski definition) is 5. The minimum absolute atomic E-state index is 0.00249. The van der Waals surface area contributed by atoms with E-state index in [-0.39, 0.29) is 11.5 Å². The first-order chi connectivity index (χ1) is 10.2. The van der Waals surface area contributed by atoms with Crippen molar-refractivity contribution in [2.45, 2.75) is 24.9 Å². The molecule has 0 amide bonds. The Labute approximate surface area is 132 Å². The first kappa shape index (κ1) is 17.3. The number of allylic oxidation sites excluding steroid dienone is 2. The molecule has 0 saturated carbocycles. The normalized spacial score (nSPS) is 24.6. The molecule has 1 aliphatic carbocycles. The van der Waals surface area contributed by atoms with Crippen LogP contribution in [0.2, 0.25) is 0 Å². The Balaban J connectivity index is 2.27. The molecule has 122 valence electrons. The summed E-state index contributed by atoms with van der Waals surface area (Å²) in [5, 5.41) is 7.16. The highest BCUT2D eigenvalue weighted by Crippen LogP contribution is 2.57. The molecule has 1 saturated heterocycles. The van der Waals surface area contributed by atoms with Crippen LogP contribution in [0.5, 0.6) is 0 Å². The molecule has 1 heterocycles. The van der Waals surface area contributed by atoms with Crippen LogP contribution in [0.4, 0.5) is 0 Å². The molecule has 0 spiro atoms. The van der Waals surface area contributed by atoms with E-state index < -0.39 is 18.7 Å². The van der Waals surface area contributed by atoms with Gasteiger partial charge >= 0.3 is 13.6 Å². The Morgan fingerprint density at radius 3 is 2.68 bits per heavy atom. The van der Waals surface area contributed by atoms with Crippen LogP contribution in [0.3, 0.4) is 0 Å². The number of nitrogens with zero attached hydrogens (tertiary/aromatic N) is 1. The summed E-state index contributed by atoms with van der Waals surface area (Å²) >= 11 is 1.17. The van der Waals surface area contributed by atoms with E-state index in [0.717, 1.165) is 5.57 Å². The van der Waals surface area contributed by atoms with Gasteiger partial charge in [0.15, 0.2) is 10.3 Å². The lowest BCUT2D eigenvalue weighted by Gasteiger charge is -2.31. The summed E-state index contributed by atoms with van der Waals surface area (Å²) in [5.74, 6) is -0.968. The third kappa shape index (κ3) is 3.15. The maximum Gasteiger partial charge on any atom is 0.347 e. The van der Waals surface area contributed by atoms with Gasteiger partial charge in [-0.3, -0.25) is 14.2 Å².